The van der Waals surface area contributed by atoms with Crippen LogP contribution in [0.4, 0.5) is 4.20 Å². The van der Waals surface area contributed by atoms with E-state index in [0.717, 1.165) is 18.2 Å². The summed E-state index contributed by atoms with van der Waals surface area (Å²) in [6.07, 6.45) is -0.141. The lowest BCUT2D eigenvalue weighted by Gasteiger charge is -2.19. The molecule has 0 spiro atoms. The zero-order chi connectivity index (χ0) is 13.7. The van der Waals surface area contributed by atoms with Gasteiger partial charge in [-0.2, -0.15) is 4.20 Å². The maximum Gasteiger partial charge on any atom is 0.368 e. The summed E-state index contributed by atoms with van der Waals surface area (Å²) < 4.78 is 29.9. The molecular formula is C15H16FO2P. The highest BCUT2D eigenvalue weighted by Crippen LogP contribution is 2.52. The van der Waals surface area contributed by atoms with E-state index >= 15 is 0 Å². The molecule has 0 aliphatic rings. The Labute approximate surface area is 112 Å². The molecule has 0 aliphatic heterocycles. The van der Waals surface area contributed by atoms with Crippen LogP contribution in [0.3, 0.4) is 0 Å². The Kier molecular flexibility index (Phi) is 4.52. The molecule has 19 heavy (non-hydrogen) atoms. The van der Waals surface area contributed by atoms with Crippen molar-refractivity contribution in [2.45, 2.75) is 5.92 Å². The van der Waals surface area contributed by atoms with Gasteiger partial charge < -0.3 is 4.52 Å². The summed E-state index contributed by atoms with van der Waals surface area (Å²) >= 11 is 0. The average Bonchev–Trinajstić information content (AvgIpc) is 2.47. The summed E-state index contributed by atoms with van der Waals surface area (Å²) in [5.41, 5.74) is 1.87. The van der Waals surface area contributed by atoms with Crippen molar-refractivity contribution in [2.24, 2.45) is 0 Å². The Bertz CT molecular complexity index is 517. The minimum atomic E-state index is -4.06. The predicted molar refractivity (Wildman–Crippen MR) is 75.3 cm³/mol. The van der Waals surface area contributed by atoms with Gasteiger partial charge in [-0.25, -0.2) is 0 Å². The molecule has 2 aromatic rings. The van der Waals surface area contributed by atoms with Gasteiger partial charge in [-0.1, -0.05) is 60.7 Å². The summed E-state index contributed by atoms with van der Waals surface area (Å²) in [5, 5.41) is 0. The van der Waals surface area contributed by atoms with E-state index in [1.807, 2.05) is 60.7 Å². The van der Waals surface area contributed by atoms with Crippen molar-refractivity contribution in [3.05, 3.63) is 71.8 Å². The normalized spacial score (nSPS) is 14.3. The number of rotatable bonds is 5. The van der Waals surface area contributed by atoms with E-state index in [1.54, 1.807) is 0 Å². The van der Waals surface area contributed by atoms with Gasteiger partial charge >= 0.3 is 7.68 Å². The van der Waals surface area contributed by atoms with Gasteiger partial charge in [0.25, 0.3) is 0 Å². The summed E-state index contributed by atoms with van der Waals surface area (Å²) in [6, 6.07) is 19.0. The Morgan fingerprint density at radius 1 is 1.00 bits per heavy atom. The van der Waals surface area contributed by atoms with E-state index in [2.05, 4.69) is 4.52 Å². The molecule has 0 radical (unpaired) electrons. The molecular weight excluding hydrogens is 262 g/mol. The molecule has 0 N–H and O–H groups in total. The van der Waals surface area contributed by atoms with Crippen LogP contribution in [0.2, 0.25) is 0 Å². The molecule has 0 aromatic heterocycles. The fraction of sp³-hybridized carbons (Fsp3) is 0.200. The second-order valence-electron chi connectivity index (χ2n) is 4.33. The molecule has 1 atom stereocenters. The van der Waals surface area contributed by atoms with Crippen LogP contribution in [-0.2, 0) is 9.09 Å². The van der Waals surface area contributed by atoms with Crippen LogP contribution in [0.25, 0.3) is 0 Å². The fourth-order valence-corrected chi connectivity index (χ4v) is 3.07. The van der Waals surface area contributed by atoms with Gasteiger partial charge in [0.15, 0.2) is 0 Å². The Morgan fingerprint density at radius 2 is 1.42 bits per heavy atom. The van der Waals surface area contributed by atoms with Crippen molar-refractivity contribution in [3.8, 4) is 0 Å². The van der Waals surface area contributed by atoms with Crippen molar-refractivity contribution < 1.29 is 13.3 Å². The van der Waals surface area contributed by atoms with Gasteiger partial charge in [0, 0.05) is 13.0 Å². The second kappa shape index (κ2) is 6.14. The highest BCUT2D eigenvalue weighted by molar-refractivity contribution is 7.53. The first-order valence-corrected chi connectivity index (χ1v) is 7.77. The molecule has 1 unspecified atom stereocenters. The lowest BCUT2D eigenvalue weighted by Crippen LogP contribution is -2.06. The lowest BCUT2D eigenvalue weighted by molar-refractivity contribution is 0.354. The molecule has 0 bridgehead atoms. The molecule has 0 saturated heterocycles. The first-order valence-electron chi connectivity index (χ1n) is 6.07. The number of benzene rings is 2. The molecule has 2 nitrogen and oxygen atoms in total. The number of halogens is 1. The third kappa shape index (κ3) is 3.76. The minimum absolute atomic E-state index is 0.141. The van der Waals surface area contributed by atoms with E-state index in [0.29, 0.717) is 0 Å². The molecule has 0 amide bonds. The largest absolute Gasteiger partial charge is 0.368 e. The van der Waals surface area contributed by atoms with Crippen LogP contribution < -0.4 is 0 Å². The Hall–Kier alpha value is -1.44. The Morgan fingerprint density at radius 3 is 1.79 bits per heavy atom. The third-order valence-electron chi connectivity index (χ3n) is 3.08. The zero-order valence-electron chi connectivity index (χ0n) is 10.7. The van der Waals surface area contributed by atoms with E-state index in [-0.39, 0.29) is 12.1 Å². The molecule has 0 aliphatic carbocycles. The van der Waals surface area contributed by atoms with Crippen molar-refractivity contribution in [1.29, 1.82) is 0 Å². The monoisotopic (exact) mass is 278 g/mol. The van der Waals surface area contributed by atoms with E-state index in [4.69, 9.17) is 0 Å². The summed E-state index contributed by atoms with van der Waals surface area (Å²) in [7, 11) is -2.91. The van der Waals surface area contributed by atoms with Crippen molar-refractivity contribution in [2.75, 3.05) is 13.3 Å². The van der Waals surface area contributed by atoms with Crippen molar-refractivity contribution in [3.63, 3.8) is 0 Å². The fourth-order valence-electron chi connectivity index (χ4n) is 2.07. The van der Waals surface area contributed by atoms with Gasteiger partial charge in [0.05, 0.1) is 6.16 Å². The smallest absolute Gasteiger partial charge is 0.309 e. The maximum absolute atomic E-state index is 13.8. The molecule has 0 saturated carbocycles. The molecule has 100 valence electrons. The molecule has 0 fully saturated rings. The van der Waals surface area contributed by atoms with Crippen LogP contribution in [0.1, 0.15) is 17.0 Å². The van der Waals surface area contributed by atoms with Crippen LogP contribution >= 0.6 is 7.68 Å². The van der Waals surface area contributed by atoms with E-state index < -0.39 is 7.68 Å². The molecule has 2 rings (SSSR count). The quantitative estimate of drug-likeness (QED) is 0.745. The van der Waals surface area contributed by atoms with Gasteiger partial charge in [0.2, 0.25) is 0 Å². The van der Waals surface area contributed by atoms with E-state index in [9.17, 15) is 8.76 Å². The summed E-state index contributed by atoms with van der Waals surface area (Å²) in [5.74, 6) is -0.266. The number of hydrogen-bond acceptors (Lipinski definition) is 2. The van der Waals surface area contributed by atoms with Crippen molar-refractivity contribution in [1.82, 2.24) is 0 Å². The first kappa shape index (κ1) is 14.0. The number of hydrogen-bond donors (Lipinski definition) is 0. The SMILES string of the molecule is COP(=O)(F)CC(c1ccccc1)c1ccccc1. The first-order chi connectivity index (χ1) is 9.12. The van der Waals surface area contributed by atoms with Gasteiger partial charge in [0.1, 0.15) is 0 Å². The van der Waals surface area contributed by atoms with Crippen molar-refractivity contribution >= 4 is 7.68 Å². The maximum atomic E-state index is 13.8. The highest BCUT2D eigenvalue weighted by Gasteiger charge is 2.28. The standard InChI is InChI=1S/C15H16FO2P/c1-18-19(16,17)12-15(13-8-4-2-5-9-13)14-10-6-3-7-11-14/h2-11,15H,12H2,1H3. The predicted octanol–water partition coefficient (Wildman–Crippen LogP) is 4.63. The zero-order valence-corrected chi connectivity index (χ0v) is 11.6. The van der Waals surface area contributed by atoms with E-state index in [1.165, 1.54) is 0 Å². The minimum Gasteiger partial charge on any atom is -0.309 e. The third-order valence-corrected chi connectivity index (χ3v) is 4.42. The summed E-state index contributed by atoms with van der Waals surface area (Å²) in [4.78, 5) is 0. The Balaban J connectivity index is 2.37. The molecule has 0 heterocycles. The molecule has 2 aromatic carbocycles. The van der Waals surface area contributed by atoms with Gasteiger partial charge in [-0.15, -0.1) is 0 Å². The van der Waals surface area contributed by atoms with Gasteiger partial charge in [-0.3, -0.25) is 4.57 Å². The van der Waals surface area contributed by atoms with Crippen LogP contribution in [-0.4, -0.2) is 13.3 Å². The van der Waals surface area contributed by atoms with Crippen LogP contribution in [0.15, 0.2) is 60.7 Å². The topological polar surface area (TPSA) is 26.3 Å². The second-order valence-corrected chi connectivity index (χ2v) is 6.24. The lowest BCUT2D eigenvalue weighted by atomic mass is 9.93. The average molecular weight is 278 g/mol. The van der Waals surface area contributed by atoms with Crippen LogP contribution in [0.5, 0.6) is 0 Å². The highest BCUT2D eigenvalue weighted by atomic mass is 31.2. The molecule has 4 heteroatoms. The van der Waals surface area contributed by atoms with Crippen LogP contribution in [0, 0.1) is 0 Å². The van der Waals surface area contributed by atoms with Gasteiger partial charge in [-0.05, 0) is 11.1 Å². The summed E-state index contributed by atoms with van der Waals surface area (Å²) in [6.45, 7) is 0.